The Morgan fingerprint density at radius 1 is 1.19 bits per heavy atom. The molecule has 2 fully saturated rings. The van der Waals surface area contributed by atoms with E-state index in [1.165, 1.54) is 0 Å². The second-order valence-corrected chi connectivity index (χ2v) is 8.41. The van der Waals surface area contributed by atoms with Crippen molar-refractivity contribution in [1.29, 1.82) is 0 Å². The molecule has 2 saturated heterocycles. The average Bonchev–Trinajstić information content (AvgIpc) is 2.65. The fraction of sp³-hybridized carbons (Fsp3) is 0.889. The zero-order valence-corrected chi connectivity index (χ0v) is 19.8. The maximum Gasteiger partial charge on any atom is 0.225 e. The van der Waals surface area contributed by atoms with Crippen molar-refractivity contribution >= 4 is 47.6 Å². The molecule has 2 aliphatic heterocycles. The third kappa shape index (κ3) is 6.44. The Morgan fingerprint density at radius 3 is 2.27 bits per heavy atom. The van der Waals surface area contributed by atoms with Gasteiger partial charge in [-0.25, -0.2) is 0 Å². The summed E-state index contributed by atoms with van der Waals surface area (Å²) in [5, 5.41) is 3.43. The Hall–Kier alpha value is -0.220. The number of ether oxygens (including phenoxy) is 1. The molecule has 0 bridgehead atoms. The first-order chi connectivity index (χ1) is 12.0. The van der Waals surface area contributed by atoms with E-state index in [0.717, 1.165) is 71.3 Å². The predicted molar refractivity (Wildman–Crippen MR) is 121 cm³/mol. The number of carbonyl (C=O) groups is 1. The highest BCUT2D eigenvalue weighted by Gasteiger charge is 2.32. The van der Waals surface area contributed by atoms with Crippen LogP contribution in [0.3, 0.4) is 0 Å². The van der Waals surface area contributed by atoms with Crippen LogP contribution in [0.4, 0.5) is 0 Å². The minimum absolute atomic E-state index is 0. The van der Waals surface area contributed by atoms with Crippen LogP contribution in [0.15, 0.2) is 4.99 Å². The average molecular weight is 498 g/mol. The molecule has 1 amide bonds. The Morgan fingerprint density at radius 2 is 1.77 bits per heavy atom. The van der Waals surface area contributed by atoms with E-state index in [1.54, 1.807) is 0 Å². The van der Waals surface area contributed by atoms with Crippen molar-refractivity contribution in [2.45, 2.75) is 38.4 Å². The van der Waals surface area contributed by atoms with Crippen molar-refractivity contribution in [3.8, 4) is 0 Å². The fourth-order valence-electron chi connectivity index (χ4n) is 3.32. The molecule has 2 heterocycles. The molecule has 1 N–H and O–H groups in total. The van der Waals surface area contributed by atoms with Gasteiger partial charge in [0, 0.05) is 56.6 Å². The quantitative estimate of drug-likeness (QED) is 0.358. The van der Waals surface area contributed by atoms with Gasteiger partial charge in [0.15, 0.2) is 5.96 Å². The van der Waals surface area contributed by atoms with E-state index in [2.05, 4.69) is 23.4 Å². The van der Waals surface area contributed by atoms with Crippen LogP contribution in [0, 0.1) is 5.92 Å². The highest BCUT2D eigenvalue weighted by molar-refractivity contribution is 14.0. The molecule has 0 aromatic heterocycles. The lowest BCUT2D eigenvalue weighted by Gasteiger charge is -2.38. The molecule has 6 nitrogen and oxygen atoms in total. The molecule has 2 rings (SSSR count). The fourth-order valence-corrected chi connectivity index (χ4v) is 4.09. The lowest BCUT2D eigenvalue weighted by Crippen LogP contribution is -2.54. The number of piperazine rings is 1. The van der Waals surface area contributed by atoms with Gasteiger partial charge in [-0.05, 0) is 26.0 Å². The van der Waals surface area contributed by atoms with Crippen LogP contribution in [-0.2, 0) is 9.53 Å². The summed E-state index contributed by atoms with van der Waals surface area (Å²) in [6.07, 6.45) is 4.31. The first-order valence-corrected chi connectivity index (χ1v) is 10.7. The van der Waals surface area contributed by atoms with E-state index < -0.39 is 0 Å². The summed E-state index contributed by atoms with van der Waals surface area (Å²) in [5.74, 6) is 1.31. The van der Waals surface area contributed by atoms with Crippen LogP contribution < -0.4 is 5.32 Å². The number of hydrogen-bond donors (Lipinski definition) is 1. The smallest absolute Gasteiger partial charge is 0.225 e. The lowest BCUT2D eigenvalue weighted by molar-refractivity contribution is -0.135. The topological polar surface area (TPSA) is 57.2 Å². The number of aliphatic imine (C=N–C) groups is 1. The zero-order valence-electron chi connectivity index (χ0n) is 16.6. The highest BCUT2D eigenvalue weighted by atomic mass is 127. The van der Waals surface area contributed by atoms with Gasteiger partial charge in [0.1, 0.15) is 0 Å². The van der Waals surface area contributed by atoms with Gasteiger partial charge in [0.25, 0.3) is 0 Å². The lowest BCUT2D eigenvalue weighted by atomic mass is 9.99. The summed E-state index contributed by atoms with van der Waals surface area (Å²) in [7, 11) is 0. The van der Waals surface area contributed by atoms with Gasteiger partial charge in [-0.1, -0.05) is 13.8 Å². The molecule has 0 aromatic rings. The van der Waals surface area contributed by atoms with E-state index in [1.807, 2.05) is 30.5 Å². The summed E-state index contributed by atoms with van der Waals surface area (Å²) >= 11 is 1.92. The van der Waals surface area contributed by atoms with Gasteiger partial charge >= 0.3 is 0 Å². The minimum atomic E-state index is 0. The van der Waals surface area contributed by atoms with Crippen LogP contribution in [0.1, 0.15) is 33.6 Å². The molecule has 0 aliphatic carbocycles. The Kier molecular flexibility index (Phi) is 10.6. The maximum atomic E-state index is 12.2. The van der Waals surface area contributed by atoms with Crippen LogP contribution in [0.2, 0.25) is 0 Å². The van der Waals surface area contributed by atoms with E-state index >= 15 is 0 Å². The van der Waals surface area contributed by atoms with Crippen LogP contribution in [0.25, 0.3) is 0 Å². The molecule has 0 saturated carbocycles. The summed E-state index contributed by atoms with van der Waals surface area (Å²) < 4.78 is 5.73. The predicted octanol–water partition coefficient (Wildman–Crippen LogP) is 2.28. The SMILES string of the molecule is CCNC(=NCC1(SC)CCOCC1)N1CCN(C(=O)C(C)C)CC1.I. The molecule has 0 aromatic carbocycles. The molecule has 2 aliphatic rings. The van der Waals surface area contributed by atoms with Gasteiger partial charge < -0.3 is 19.9 Å². The second-order valence-electron chi connectivity index (χ2n) is 7.14. The summed E-state index contributed by atoms with van der Waals surface area (Å²) in [4.78, 5) is 21.4. The van der Waals surface area contributed by atoms with Crippen molar-refractivity contribution in [3.63, 3.8) is 0 Å². The van der Waals surface area contributed by atoms with Crippen molar-refractivity contribution in [2.24, 2.45) is 10.9 Å². The molecule has 152 valence electrons. The van der Waals surface area contributed by atoms with E-state index in [9.17, 15) is 4.79 Å². The number of carbonyl (C=O) groups excluding carboxylic acids is 1. The third-order valence-corrected chi connectivity index (χ3v) is 6.48. The zero-order chi connectivity index (χ0) is 18.3. The van der Waals surface area contributed by atoms with Gasteiger partial charge in [0.05, 0.1) is 6.54 Å². The van der Waals surface area contributed by atoms with E-state index in [4.69, 9.17) is 9.73 Å². The first-order valence-electron chi connectivity index (χ1n) is 9.46. The van der Waals surface area contributed by atoms with Gasteiger partial charge in [0.2, 0.25) is 5.91 Å². The Bertz CT molecular complexity index is 462. The molecular formula is C18H35IN4O2S. The molecule has 0 radical (unpaired) electrons. The van der Waals surface area contributed by atoms with Crippen molar-refractivity contribution in [3.05, 3.63) is 0 Å². The van der Waals surface area contributed by atoms with E-state index in [-0.39, 0.29) is 40.5 Å². The molecule has 0 unspecified atom stereocenters. The monoisotopic (exact) mass is 498 g/mol. The summed E-state index contributed by atoms with van der Waals surface area (Å²) in [6, 6.07) is 0. The number of halogens is 1. The maximum absolute atomic E-state index is 12.2. The Balaban J connectivity index is 0.00000338. The number of nitrogens with zero attached hydrogens (tertiary/aromatic N) is 3. The van der Waals surface area contributed by atoms with Gasteiger partial charge in [-0.3, -0.25) is 9.79 Å². The van der Waals surface area contributed by atoms with Gasteiger partial charge in [-0.2, -0.15) is 11.8 Å². The molecule has 8 heteroatoms. The van der Waals surface area contributed by atoms with Crippen molar-refractivity contribution < 1.29 is 9.53 Å². The van der Waals surface area contributed by atoms with Crippen LogP contribution in [-0.4, -0.2) is 85.2 Å². The number of rotatable bonds is 5. The number of guanidine groups is 1. The third-order valence-electron chi connectivity index (χ3n) is 5.07. The first kappa shape index (κ1) is 23.8. The summed E-state index contributed by atoms with van der Waals surface area (Å²) in [5.41, 5.74) is 0. The van der Waals surface area contributed by atoms with Crippen molar-refractivity contribution in [2.75, 3.05) is 58.7 Å². The minimum Gasteiger partial charge on any atom is -0.381 e. The number of nitrogens with one attached hydrogen (secondary N) is 1. The molecule has 0 spiro atoms. The van der Waals surface area contributed by atoms with Gasteiger partial charge in [-0.15, -0.1) is 24.0 Å². The highest BCUT2D eigenvalue weighted by Crippen LogP contribution is 2.34. The summed E-state index contributed by atoms with van der Waals surface area (Å²) in [6.45, 7) is 12.7. The molecular weight excluding hydrogens is 463 g/mol. The normalized spacial score (nSPS) is 20.7. The molecule has 26 heavy (non-hydrogen) atoms. The second kappa shape index (κ2) is 11.6. The van der Waals surface area contributed by atoms with Crippen molar-refractivity contribution in [1.82, 2.24) is 15.1 Å². The Labute approximate surface area is 179 Å². The molecule has 0 atom stereocenters. The number of amides is 1. The van der Waals surface area contributed by atoms with Crippen LogP contribution in [0.5, 0.6) is 0 Å². The van der Waals surface area contributed by atoms with Crippen LogP contribution >= 0.6 is 35.7 Å². The largest absolute Gasteiger partial charge is 0.381 e. The number of thioether (sulfide) groups is 1. The van der Waals surface area contributed by atoms with E-state index in [0.29, 0.717) is 0 Å². The number of hydrogen-bond acceptors (Lipinski definition) is 4. The standard InChI is InChI=1S/C18H34N4O2S.HI/c1-5-19-17(20-14-18(25-4)6-12-24-13-7-18)22-10-8-21(9-11-22)16(23)15(2)3;/h15H,5-14H2,1-4H3,(H,19,20);1H.